The zero-order valence-electron chi connectivity index (χ0n) is 7.79. The molecule has 0 spiro atoms. The van der Waals surface area contributed by atoms with Gasteiger partial charge in [0.1, 0.15) is 7.28 Å². The average molecular weight is 159 g/mol. The van der Waals surface area contributed by atoms with Crippen LogP contribution in [0, 0.1) is 11.8 Å². The topological polar surface area (TPSA) is 0 Å². The average Bonchev–Trinajstić information content (AvgIpc) is 2.80. The molecule has 3 aliphatic rings. The summed E-state index contributed by atoms with van der Waals surface area (Å²) >= 11 is 0. The Morgan fingerprint density at radius 3 is 3.33 bits per heavy atom. The van der Waals surface area contributed by atoms with Crippen LogP contribution in [-0.4, -0.2) is 7.28 Å². The molecule has 1 saturated carbocycles. The van der Waals surface area contributed by atoms with Crippen LogP contribution >= 0.6 is 0 Å². The van der Waals surface area contributed by atoms with E-state index in [0.717, 1.165) is 23.5 Å². The molecule has 63 valence electrons. The Kier molecular flexibility index (Phi) is 1.45. The highest BCUT2D eigenvalue weighted by atomic mass is 14.4. The van der Waals surface area contributed by atoms with E-state index in [9.17, 15) is 0 Å². The summed E-state index contributed by atoms with van der Waals surface area (Å²) in [5, 5.41) is 0. The van der Waals surface area contributed by atoms with E-state index in [0.29, 0.717) is 0 Å². The lowest BCUT2D eigenvalue weighted by atomic mass is 9.72. The van der Waals surface area contributed by atoms with Gasteiger partial charge in [-0.05, 0) is 37.5 Å². The third-order valence-electron chi connectivity index (χ3n) is 4.15. The normalized spacial score (nSPS) is 49.9. The molecule has 3 rings (SSSR count). The highest BCUT2D eigenvalue weighted by Crippen LogP contribution is 2.58. The van der Waals surface area contributed by atoms with E-state index >= 15 is 0 Å². The molecule has 12 heavy (non-hydrogen) atoms. The van der Waals surface area contributed by atoms with Gasteiger partial charge in [0.05, 0.1) is 0 Å². The summed E-state index contributed by atoms with van der Waals surface area (Å²) in [4.78, 5) is 0. The minimum Gasteiger partial charge on any atom is -0.0858 e. The summed E-state index contributed by atoms with van der Waals surface area (Å²) in [7, 11) is 2.58. The molecule has 1 aliphatic heterocycles. The third-order valence-corrected chi connectivity index (χ3v) is 4.15. The lowest BCUT2D eigenvalue weighted by Crippen LogP contribution is -2.18. The molecule has 0 N–H and O–H groups in total. The molecule has 2 bridgehead atoms. The van der Waals surface area contributed by atoms with E-state index < -0.39 is 0 Å². The predicted molar refractivity (Wildman–Crippen MR) is 52.5 cm³/mol. The number of fused-ring (bicyclic) bond motifs is 4. The van der Waals surface area contributed by atoms with Crippen molar-refractivity contribution in [3.8, 4) is 0 Å². The van der Waals surface area contributed by atoms with Crippen molar-refractivity contribution in [2.24, 2.45) is 11.8 Å². The lowest BCUT2D eigenvalue weighted by molar-refractivity contribution is 0.302. The van der Waals surface area contributed by atoms with Crippen LogP contribution in [0.1, 0.15) is 32.6 Å². The van der Waals surface area contributed by atoms with Crippen molar-refractivity contribution in [2.75, 3.05) is 0 Å². The lowest BCUT2D eigenvalue weighted by Gasteiger charge is -2.30. The summed E-state index contributed by atoms with van der Waals surface area (Å²) in [6.07, 6.45) is 8.18. The molecule has 0 aromatic carbocycles. The first kappa shape index (κ1) is 7.23. The van der Waals surface area contributed by atoms with Gasteiger partial charge in [0.25, 0.3) is 0 Å². The van der Waals surface area contributed by atoms with Gasteiger partial charge in [0, 0.05) is 0 Å². The monoisotopic (exact) mass is 159 g/mol. The van der Waals surface area contributed by atoms with Crippen LogP contribution in [0.25, 0.3) is 0 Å². The van der Waals surface area contributed by atoms with Crippen molar-refractivity contribution < 1.29 is 0 Å². The fraction of sp³-hybridized carbons (Fsp3) is 0.818. The Morgan fingerprint density at radius 1 is 1.50 bits per heavy atom. The molecule has 2 aliphatic carbocycles. The molecule has 1 radical (unpaired) electrons. The fourth-order valence-corrected chi connectivity index (χ4v) is 3.15. The van der Waals surface area contributed by atoms with Crippen molar-refractivity contribution in [3.63, 3.8) is 0 Å². The number of rotatable bonds is 0. The first-order valence-electron chi connectivity index (χ1n) is 5.37. The molecule has 0 nitrogen and oxygen atoms in total. The van der Waals surface area contributed by atoms with Crippen LogP contribution in [0.2, 0.25) is 11.6 Å². The SMILES string of the molecule is CC1CCC2=CCC3[B]C3C1C2. The van der Waals surface area contributed by atoms with Crippen LogP contribution < -0.4 is 0 Å². The molecule has 4 unspecified atom stereocenters. The van der Waals surface area contributed by atoms with Crippen LogP contribution in [0.4, 0.5) is 0 Å². The summed E-state index contributed by atoms with van der Waals surface area (Å²) in [6.45, 7) is 2.45. The Balaban J connectivity index is 1.89. The maximum Gasteiger partial charge on any atom is 0.117 e. The number of hydrogen-bond acceptors (Lipinski definition) is 0. The highest BCUT2D eigenvalue weighted by molar-refractivity contribution is 6.54. The summed E-state index contributed by atoms with van der Waals surface area (Å²) < 4.78 is 0. The van der Waals surface area contributed by atoms with Gasteiger partial charge in [-0.2, -0.15) is 0 Å². The van der Waals surface area contributed by atoms with Crippen molar-refractivity contribution in [3.05, 3.63) is 11.6 Å². The van der Waals surface area contributed by atoms with E-state index in [-0.39, 0.29) is 0 Å². The van der Waals surface area contributed by atoms with Gasteiger partial charge in [0.15, 0.2) is 0 Å². The molecular formula is C11H16B. The van der Waals surface area contributed by atoms with E-state index in [2.05, 4.69) is 20.3 Å². The van der Waals surface area contributed by atoms with Gasteiger partial charge in [-0.3, -0.25) is 0 Å². The van der Waals surface area contributed by atoms with Crippen molar-refractivity contribution in [1.29, 1.82) is 0 Å². The zero-order chi connectivity index (χ0) is 8.13. The Bertz CT molecular complexity index is 231. The maximum atomic E-state index is 2.58. The third kappa shape index (κ3) is 0.983. The van der Waals surface area contributed by atoms with Crippen LogP contribution in [0.5, 0.6) is 0 Å². The first-order chi connectivity index (χ1) is 5.84. The van der Waals surface area contributed by atoms with Crippen LogP contribution in [0.3, 0.4) is 0 Å². The van der Waals surface area contributed by atoms with Gasteiger partial charge >= 0.3 is 0 Å². The largest absolute Gasteiger partial charge is 0.117 e. The smallest absolute Gasteiger partial charge is 0.0858 e. The summed E-state index contributed by atoms with van der Waals surface area (Å²) in [5.41, 5.74) is 1.78. The number of allylic oxidation sites excluding steroid dienone is 2. The maximum absolute atomic E-state index is 2.58. The molecule has 0 aromatic heterocycles. The molecular weight excluding hydrogens is 143 g/mol. The van der Waals surface area contributed by atoms with Gasteiger partial charge in [-0.15, -0.1) is 0 Å². The first-order valence-corrected chi connectivity index (χ1v) is 5.37. The van der Waals surface area contributed by atoms with Gasteiger partial charge < -0.3 is 0 Å². The van der Waals surface area contributed by atoms with E-state index in [4.69, 9.17) is 0 Å². The molecule has 0 amide bonds. The standard InChI is InChI=1S/C11H16B/c1-7-2-3-8-4-5-10-11(12-10)9(7)6-8/h4,7,9-11H,2-3,5-6H2,1H3. The summed E-state index contributed by atoms with van der Waals surface area (Å²) in [6, 6.07) is 0. The van der Waals surface area contributed by atoms with Crippen LogP contribution in [-0.2, 0) is 0 Å². The van der Waals surface area contributed by atoms with Crippen molar-refractivity contribution >= 4 is 7.28 Å². The zero-order valence-corrected chi connectivity index (χ0v) is 7.79. The second kappa shape index (κ2) is 2.40. The minimum absolute atomic E-state index is 0.980. The molecule has 4 atom stereocenters. The van der Waals surface area contributed by atoms with E-state index in [1.54, 1.807) is 5.57 Å². The fourth-order valence-electron chi connectivity index (χ4n) is 3.15. The molecule has 1 saturated heterocycles. The van der Waals surface area contributed by atoms with E-state index in [1.165, 1.54) is 25.7 Å². The Labute approximate surface area is 75.7 Å². The van der Waals surface area contributed by atoms with Crippen molar-refractivity contribution in [1.82, 2.24) is 0 Å². The van der Waals surface area contributed by atoms with Gasteiger partial charge in [-0.1, -0.05) is 30.2 Å². The molecule has 0 aromatic rings. The number of hydrogen-bond donors (Lipinski definition) is 0. The Morgan fingerprint density at radius 2 is 2.42 bits per heavy atom. The summed E-state index contributed by atoms with van der Waals surface area (Å²) in [5.74, 6) is 4.01. The second-order valence-electron chi connectivity index (χ2n) is 4.92. The minimum atomic E-state index is 0.980. The second-order valence-corrected chi connectivity index (χ2v) is 4.92. The van der Waals surface area contributed by atoms with Crippen LogP contribution in [0.15, 0.2) is 11.6 Å². The quantitative estimate of drug-likeness (QED) is 0.376. The van der Waals surface area contributed by atoms with E-state index in [1.807, 2.05) is 0 Å². The molecule has 2 fully saturated rings. The van der Waals surface area contributed by atoms with Gasteiger partial charge in [0.2, 0.25) is 0 Å². The van der Waals surface area contributed by atoms with Gasteiger partial charge in [-0.25, -0.2) is 0 Å². The van der Waals surface area contributed by atoms with Crippen molar-refractivity contribution in [2.45, 2.75) is 44.2 Å². The predicted octanol–water partition coefficient (Wildman–Crippen LogP) is 3.05. The molecule has 1 heteroatoms. The molecule has 1 heterocycles. The highest BCUT2D eigenvalue weighted by Gasteiger charge is 2.47. The Hall–Kier alpha value is -0.195.